The van der Waals surface area contributed by atoms with E-state index in [0.29, 0.717) is 10.8 Å². The van der Waals surface area contributed by atoms with E-state index in [4.69, 9.17) is 11.6 Å². The summed E-state index contributed by atoms with van der Waals surface area (Å²) in [7, 11) is 0. The van der Waals surface area contributed by atoms with Crippen LogP contribution in [0.2, 0.25) is 5.02 Å². The zero-order valence-corrected chi connectivity index (χ0v) is 13.9. The fourth-order valence-corrected chi connectivity index (χ4v) is 2.05. The first kappa shape index (κ1) is 16.0. The molecule has 2 rings (SSSR count). The van der Waals surface area contributed by atoms with Crippen molar-refractivity contribution in [2.75, 3.05) is 0 Å². The van der Waals surface area contributed by atoms with Gasteiger partial charge in [0.05, 0.1) is 0 Å². The molecule has 0 aliphatic rings. The van der Waals surface area contributed by atoms with E-state index in [1.807, 2.05) is 52.0 Å². The van der Waals surface area contributed by atoms with Crippen LogP contribution < -0.4 is 0 Å². The molecule has 0 aliphatic heterocycles. The van der Waals surface area contributed by atoms with Gasteiger partial charge in [0.2, 0.25) is 0 Å². The van der Waals surface area contributed by atoms with Gasteiger partial charge < -0.3 is 5.11 Å². The maximum Gasteiger partial charge on any atom is 0.161 e. The second-order valence-corrected chi connectivity index (χ2v) is 7.03. The van der Waals surface area contributed by atoms with Crippen LogP contribution in [-0.4, -0.2) is 19.9 Å². The molecule has 5 heteroatoms. The summed E-state index contributed by atoms with van der Waals surface area (Å²) in [5.74, 6) is 0.723. The van der Waals surface area contributed by atoms with Crippen molar-refractivity contribution in [1.29, 1.82) is 0 Å². The summed E-state index contributed by atoms with van der Waals surface area (Å²) in [6.45, 7) is 9.69. The fourth-order valence-electron chi connectivity index (χ4n) is 1.93. The molecule has 2 atom stereocenters. The molecule has 0 saturated carbocycles. The normalized spacial score (nSPS) is 16.5. The van der Waals surface area contributed by atoms with Crippen LogP contribution >= 0.6 is 11.6 Å². The Morgan fingerprint density at radius 1 is 1.14 bits per heavy atom. The number of hydrogen-bond acceptors (Lipinski definition) is 3. The van der Waals surface area contributed by atoms with E-state index in [1.54, 1.807) is 13.3 Å². The van der Waals surface area contributed by atoms with Crippen LogP contribution in [0.25, 0.3) is 0 Å². The predicted octanol–water partition coefficient (Wildman–Crippen LogP) is 3.79. The van der Waals surface area contributed by atoms with Crippen molar-refractivity contribution in [2.24, 2.45) is 5.41 Å². The molecule has 0 radical (unpaired) electrons. The molecule has 4 nitrogen and oxygen atoms in total. The zero-order valence-electron chi connectivity index (χ0n) is 13.1. The lowest BCUT2D eigenvalue weighted by molar-refractivity contribution is -0.121. The van der Waals surface area contributed by atoms with E-state index in [2.05, 4.69) is 10.1 Å². The van der Waals surface area contributed by atoms with Gasteiger partial charge in [-0.05, 0) is 24.6 Å². The van der Waals surface area contributed by atoms with Gasteiger partial charge in [-0.15, -0.1) is 0 Å². The zero-order chi connectivity index (χ0) is 15.8. The Morgan fingerprint density at radius 2 is 1.71 bits per heavy atom. The molecule has 114 valence electrons. The van der Waals surface area contributed by atoms with E-state index in [9.17, 15) is 5.11 Å². The molecular weight excluding hydrogens is 286 g/mol. The number of aliphatic hydroxyl groups is 1. The molecule has 0 aliphatic carbocycles. The predicted molar refractivity (Wildman–Crippen MR) is 84.3 cm³/mol. The van der Waals surface area contributed by atoms with Gasteiger partial charge in [0.25, 0.3) is 0 Å². The van der Waals surface area contributed by atoms with Gasteiger partial charge in [-0.3, -0.25) is 0 Å². The van der Waals surface area contributed by atoms with Crippen LogP contribution in [0.4, 0.5) is 0 Å². The molecule has 21 heavy (non-hydrogen) atoms. The summed E-state index contributed by atoms with van der Waals surface area (Å²) in [6, 6.07) is 7.65. The average molecular weight is 308 g/mol. The number of halogens is 1. The minimum absolute atomic E-state index is 0.0410. The third-order valence-corrected chi connectivity index (χ3v) is 4.39. The lowest BCUT2D eigenvalue weighted by Crippen LogP contribution is -2.43. The SMILES string of the molecule is CC(c1ccc(Cl)cc1)c1ncn(C(C)(O)C(C)(C)C)n1. The number of nitrogens with zero attached hydrogens (tertiary/aromatic N) is 3. The lowest BCUT2D eigenvalue weighted by atomic mass is 9.84. The highest BCUT2D eigenvalue weighted by molar-refractivity contribution is 6.30. The van der Waals surface area contributed by atoms with E-state index < -0.39 is 5.72 Å². The average Bonchev–Trinajstić information content (AvgIpc) is 2.87. The molecular formula is C16H22ClN3O. The summed E-state index contributed by atoms with van der Waals surface area (Å²) in [4.78, 5) is 4.35. The van der Waals surface area contributed by atoms with E-state index in [1.165, 1.54) is 4.68 Å². The number of hydrogen-bond donors (Lipinski definition) is 1. The van der Waals surface area contributed by atoms with E-state index in [0.717, 1.165) is 5.56 Å². The fraction of sp³-hybridized carbons (Fsp3) is 0.500. The first-order chi connectivity index (χ1) is 9.63. The highest BCUT2D eigenvalue weighted by Crippen LogP contribution is 2.34. The van der Waals surface area contributed by atoms with Crippen molar-refractivity contribution in [3.05, 3.63) is 47.0 Å². The van der Waals surface area contributed by atoms with Gasteiger partial charge in [0, 0.05) is 16.4 Å². The lowest BCUT2D eigenvalue weighted by Gasteiger charge is -2.36. The molecule has 2 aromatic rings. The van der Waals surface area contributed by atoms with Crippen LogP contribution in [0.5, 0.6) is 0 Å². The Hall–Kier alpha value is -1.39. The molecule has 1 aromatic carbocycles. The summed E-state index contributed by atoms with van der Waals surface area (Å²) >= 11 is 5.91. The second-order valence-electron chi connectivity index (χ2n) is 6.59. The van der Waals surface area contributed by atoms with Crippen LogP contribution in [0.15, 0.2) is 30.6 Å². The van der Waals surface area contributed by atoms with Gasteiger partial charge in [-0.25, -0.2) is 9.67 Å². The molecule has 0 fully saturated rings. The Kier molecular flexibility index (Phi) is 4.13. The second kappa shape index (κ2) is 5.43. The molecule has 1 heterocycles. The number of rotatable bonds is 3. The van der Waals surface area contributed by atoms with Crippen molar-refractivity contribution < 1.29 is 5.11 Å². The molecule has 0 amide bonds. The molecule has 0 spiro atoms. The third kappa shape index (κ3) is 3.11. The quantitative estimate of drug-likeness (QED) is 0.938. The Balaban J connectivity index is 2.30. The number of aromatic nitrogens is 3. The van der Waals surface area contributed by atoms with Gasteiger partial charge in [0.1, 0.15) is 6.33 Å². The van der Waals surface area contributed by atoms with Crippen molar-refractivity contribution in [3.8, 4) is 0 Å². The van der Waals surface area contributed by atoms with Crippen LogP contribution in [0.1, 0.15) is 51.9 Å². The van der Waals surface area contributed by atoms with Gasteiger partial charge in [0.15, 0.2) is 11.5 Å². The van der Waals surface area contributed by atoms with Crippen LogP contribution in [0.3, 0.4) is 0 Å². The van der Waals surface area contributed by atoms with Gasteiger partial charge in [-0.1, -0.05) is 51.4 Å². The monoisotopic (exact) mass is 307 g/mol. The molecule has 0 saturated heterocycles. The van der Waals surface area contributed by atoms with Crippen LogP contribution in [0, 0.1) is 5.41 Å². The highest BCUT2D eigenvalue weighted by Gasteiger charge is 2.38. The standard InChI is InChI=1S/C16H22ClN3O/c1-11(12-6-8-13(17)9-7-12)14-18-10-20(19-14)16(5,21)15(2,3)4/h6-11,21H,1-5H3. The van der Waals surface area contributed by atoms with Crippen molar-refractivity contribution in [1.82, 2.24) is 14.8 Å². The molecule has 1 aromatic heterocycles. The molecule has 1 N–H and O–H groups in total. The van der Waals surface area contributed by atoms with Crippen molar-refractivity contribution in [2.45, 2.75) is 46.3 Å². The maximum absolute atomic E-state index is 10.7. The largest absolute Gasteiger partial charge is 0.369 e. The molecule has 0 bridgehead atoms. The van der Waals surface area contributed by atoms with E-state index in [-0.39, 0.29) is 11.3 Å². The third-order valence-electron chi connectivity index (χ3n) is 4.13. The smallest absolute Gasteiger partial charge is 0.161 e. The molecule has 2 unspecified atom stereocenters. The Morgan fingerprint density at radius 3 is 2.24 bits per heavy atom. The van der Waals surface area contributed by atoms with Crippen molar-refractivity contribution >= 4 is 11.6 Å². The Bertz CT molecular complexity index is 611. The Labute approximate surface area is 130 Å². The highest BCUT2D eigenvalue weighted by atomic mass is 35.5. The minimum atomic E-state index is -1.10. The maximum atomic E-state index is 10.7. The van der Waals surface area contributed by atoms with Gasteiger partial charge in [-0.2, -0.15) is 5.10 Å². The minimum Gasteiger partial charge on any atom is -0.369 e. The summed E-state index contributed by atoms with van der Waals surface area (Å²) in [5, 5.41) is 15.8. The number of benzene rings is 1. The topological polar surface area (TPSA) is 50.9 Å². The summed E-state index contributed by atoms with van der Waals surface area (Å²) in [6.07, 6.45) is 1.59. The van der Waals surface area contributed by atoms with Crippen LogP contribution in [-0.2, 0) is 5.72 Å². The van der Waals surface area contributed by atoms with E-state index >= 15 is 0 Å². The summed E-state index contributed by atoms with van der Waals surface area (Å²) < 4.78 is 1.54. The summed E-state index contributed by atoms with van der Waals surface area (Å²) in [5.41, 5.74) is -0.355. The first-order valence-electron chi connectivity index (χ1n) is 7.03. The van der Waals surface area contributed by atoms with Crippen molar-refractivity contribution in [3.63, 3.8) is 0 Å². The van der Waals surface area contributed by atoms with Gasteiger partial charge >= 0.3 is 0 Å². The first-order valence-corrected chi connectivity index (χ1v) is 7.40.